The Hall–Kier alpha value is -3.14. The molecule has 4 nitrogen and oxygen atoms in total. The molecule has 4 rings (SSSR count). The summed E-state index contributed by atoms with van der Waals surface area (Å²) in [6.07, 6.45) is 2.76. The number of ketones is 1. The Bertz CT molecular complexity index is 1160. The Morgan fingerprint density at radius 1 is 1.10 bits per heavy atom. The molecule has 148 valence electrons. The highest BCUT2D eigenvalue weighted by atomic mass is 16.6. The zero-order chi connectivity index (χ0) is 20.8. The highest BCUT2D eigenvalue weighted by Gasteiger charge is 2.22. The number of allylic oxidation sites excluding steroid dienone is 1. The Labute approximate surface area is 170 Å². The Morgan fingerprint density at radius 2 is 1.90 bits per heavy atom. The lowest BCUT2D eigenvalue weighted by molar-refractivity contribution is -0.153. The van der Waals surface area contributed by atoms with Gasteiger partial charge in [-0.15, -0.1) is 0 Å². The van der Waals surface area contributed by atoms with Crippen LogP contribution in [0.3, 0.4) is 0 Å². The molecule has 0 unspecified atom stereocenters. The number of aromatic nitrogens is 1. The number of fused-ring (bicyclic) bond motifs is 2. The minimum atomic E-state index is -0.493. The standard InChI is InChI=1S/C25H25NO3/c1-15-6-5-7-21-20(15)14-22(26-21)24(28)19-12-17-9-8-16(10-18(17)13-19)11-23(27)29-25(2,3)4/h5-10,12,14,26H,11,13H2,1-4H3. The van der Waals surface area contributed by atoms with Gasteiger partial charge >= 0.3 is 5.97 Å². The lowest BCUT2D eigenvalue weighted by atomic mass is 10.0. The Balaban J connectivity index is 1.51. The summed E-state index contributed by atoms with van der Waals surface area (Å²) in [5.41, 5.74) is 6.02. The predicted molar refractivity (Wildman–Crippen MR) is 115 cm³/mol. The van der Waals surface area contributed by atoms with Gasteiger partial charge in [0.25, 0.3) is 0 Å². The minimum Gasteiger partial charge on any atom is -0.460 e. The molecule has 1 aliphatic rings. The summed E-state index contributed by atoms with van der Waals surface area (Å²) < 4.78 is 5.41. The summed E-state index contributed by atoms with van der Waals surface area (Å²) in [5, 5.41) is 1.08. The fourth-order valence-electron chi connectivity index (χ4n) is 3.80. The first-order chi connectivity index (χ1) is 13.7. The third-order valence-electron chi connectivity index (χ3n) is 5.10. The Kier molecular flexibility index (Phi) is 4.65. The average Bonchev–Trinajstić information content (AvgIpc) is 3.23. The third kappa shape index (κ3) is 4.02. The zero-order valence-corrected chi connectivity index (χ0v) is 17.3. The van der Waals surface area contributed by atoms with Crippen molar-refractivity contribution in [3.63, 3.8) is 0 Å². The molecule has 1 heterocycles. The van der Waals surface area contributed by atoms with Crippen LogP contribution in [0, 0.1) is 6.92 Å². The van der Waals surface area contributed by atoms with Crippen LogP contribution in [-0.4, -0.2) is 22.3 Å². The number of aryl methyl sites for hydroxylation is 1. The lowest BCUT2D eigenvalue weighted by Gasteiger charge is -2.19. The minimum absolute atomic E-state index is 0.0190. The largest absolute Gasteiger partial charge is 0.460 e. The summed E-state index contributed by atoms with van der Waals surface area (Å²) >= 11 is 0. The molecule has 0 spiro atoms. The molecule has 1 aromatic heterocycles. The second-order valence-electron chi connectivity index (χ2n) is 8.69. The fourth-order valence-corrected chi connectivity index (χ4v) is 3.80. The van der Waals surface area contributed by atoms with Crippen molar-refractivity contribution in [2.24, 2.45) is 0 Å². The van der Waals surface area contributed by atoms with Crippen LogP contribution in [0.2, 0.25) is 0 Å². The van der Waals surface area contributed by atoms with E-state index < -0.39 is 5.60 Å². The number of benzene rings is 2. The van der Waals surface area contributed by atoms with Gasteiger partial charge in [-0.25, -0.2) is 0 Å². The fraction of sp³-hybridized carbons (Fsp3) is 0.280. The maximum Gasteiger partial charge on any atom is 0.310 e. The van der Waals surface area contributed by atoms with Crippen LogP contribution >= 0.6 is 0 Å². The molecule has 0 amide bonds. The smallest absolute Gasteiger partial charge is 0.310 e. The number of nitrogens with one attached hydrogen (secondary N) is 1. The topological polar surface area (TPSA) is 59.2 Å². The molecular weight excluding hydrogens is 362 g/mol. The molecule has 0 radical (unpaired) electrons. The van der Waals surface area contributed by atoms with E-state index in [1.165, 1.54) is 0 Å². The van der Waals surface area contributed by atoms with Gasteiger partial charge in [0.05, 0.1) is 12.1 Å². The van der Waals surface area contributed by atoms with Gasteiger partial charge in [-0.1, -0.05) is 30.3 Å². The number of ether oxygens (including phenoxy) is 1. The van der Waals surface area contributed by atoms with Crippen molar-refractivity contribution in [3.05, 3.63) is 76.0 Å². The molecular formula is C25H25NO3. The van der Waals surface area contributed by atoms with Gasteiger partial charge in [-0.2, -0.15) is 0 Å². The molecule has 0 saturated carbocycles. The molecule has 4 heteroatoms. The van der Waals surface area contributed by atoms with Crippen molar-refractivity contribution < 1.29 is 14.3 Å². The van der Waals surface area contributed by atoms with Gasteiger partial charge in [0.2, 0.25) is 5.78 Å². The van der Waals surface area contributed by atoms with Crippen molar-refractivity contribution in [2.45, 2.75) is 46.1 Å². The van der Waals surface area contributed by atoms with Crippen LogP contribution in [0.25, 0.3) is 17.0 Å². The predicted octanol–water partition coefficient (Wildman–Crippen LogP) is 5.18. The SMILES string of the molecule is Cc1cccc2[nH]c(C(=O)C3=Cc4ccc(CC(=O)OC(C)(C)C)cc4C3)cc12. The number of Topliss-reactive ketones (excluding diaryl/α,β-unsaturated/α-hetero) is 1. The van der Waals surface area contributed by atoms with Crippen molar-refractivity contribution in [2.75, 3.05) is 0 Å². The normalized spacial score (nSPS) is 13.3. The average molecular weight is 387 g/mol. The van der Waals surface area contributed by atoms with Crippen LogP contribution in [0.4, 0.5) is 0 Å². The number of carbonyl (C=O) groups is 2. The molecule has 0 saturated heterocycles. The lowest BCUT2D eigenvalue weighted by Crippen LogP contribution is -2.24. The van der Waals surface area contributed by atoms with Gasteiger partial charge in [0, 0.05) is 22.9 Å². The van der Waals surface area contributed by atoms with Crippen LogP contribution < -0.4 is 0 Å². The first-order valence-corrected chi connectivity index (χ1v) is 9.87. The molecule has 1 N–H and O–H groups in total. The highest BCUT2D eigenvalue weighted by molar-refractivity contribution is 6.13. The first-order valence-electron chi connectivity index (χ1n) is 9.87. The molecule has 0 atom stereocenters. The van der Waals surface area contributed by atoms with E-state index in [2.05, 4.69) is 4.98 Å². The summed E-state index contributed by atoms with van der Waals surface area (Å²) in [7, 11) is 0. The highest BCUT2D eigenvalue weighted by Crippen LogP contribution is 2.29. The van der Waals surface area contributed by atoms with E-state index >= 15 is 0 Å². The third-order valence-corrected chi connectivity index (χ3v) is 5.10. The van der Waals surface area contributed by atoms with Crippen LogP contribution in [0.5, 0.6) is 0 Å². The van der Waals surface area contributed by atoms with Gasteiger partial charge < -0.3 is 9.72 Å². The van der Waals surface area contributed by atoms with Crippen LogP contribution in [0.15, 0.2) is 48.0 Å². The van der Waals surface area contributed by atoms with Crippen molar-refractivity contribution in [1.82, 2.24) is 4.98 Å². The summed E-state index contributed by atoms with van der Waals surface area (Å²) in [6, 6.07) is 13.9. The quantitative estimate of drug-likeness (QED) is 0.495. The molecule has 0 bridgehead atoms. The van der Waals surface area contributed by atoms with Gasteiger partial charge in [-0.05, 0) is 68.2 Å². The van der Waals surface area contributed by atoms with Gasteiger partial charge in [0.15, 0.2) is 0 Å². The second-order valence-corrected chi connectivity index (χ2v) is 8.69. The molecule has 1 aliphatic carbocycles. The van der Waals surface area contributed by atoms with E-state index in [9.17, 15) is 9.59 Å². The number of hydrogen-bond donors (Lipinski definition) is 1. The number of hydrogen-bond acceptors (Lipinski definition) is 3. The first kappa shape index (κ1) is 19.2. The number of rotatable bonds is 4. The van der Waals surface area contributed by atoms with Crippen LogP contribution in [0.1, 0.15) is 53.5 Å². The molecule has 0 aliphatic heterocycles. The maximum absolute atomic E-state index is 13.0. The van der Waals surface area contributed by atoms with E-state index in [4.69, 9.17) is 4.74 Å². The maximum atomic E-state index is 13.0. The van der Waals surface area contributed by atoms with E-state index in [0.717, 1.165) is 38.7 Å². The van der Waals surface area contributed by atoms with E-state index in [1.807, 2.05) is 76.2 Å². The number of carbonyl (C=O) groups excluding carboxylic acids is 2. The molecule has 3 aromatic rings. The van der Waals surface area contributed by atoms with E-state index in [1.54, 1.807) is 0 Å². The summed E-state index contributed by atoms with van der Waals surface area (Å²) in [4.78, 5) is 28.4. The van der Waals surface area contributed by atoms with E-state index in [-0.39, 0.29) is 18.2 Å². The summed E-state index contributed by atoms with van der Waals surface area (Å²) in [5.74, 6) is -0.223. The van der Waals surface area contributed by atoms with Crippen molar-refractivity contribution in [1.29, 1.82) is 0 Å². The second kappa shape index (κ2) is 7.03. The van der Waals surface area contributed by atoms with E-state index in [0.29, 0.717) is 12.1 Å². The Morgan fingerprint density at radius 3 is 2.62 bits per heavy atom. The molecule has 29 heavy (non-hydrogen) atoms. The van der Waals surface area contributed by atoms with Crippen LogP contribution in [-0.2, 0) is 22.4 Å². The molecule has 2 aromatic carbocycles. The monoisotopic (exact) mass is 387 g/mol. The van der Waals surface area contributed by atoms with Gasteiger partial charge in [-0.3, -0.25) is 9.59 Å². The van der Waals surface area contributed by atoms with Crippen molar-refractivity contribution >= 4 is 28.7 Å². The van der Waals surface area contributed by atoms with Crippen molar-refractivity contribution in [3.8, 4) is 0 Å². The van der Waals surface area contributed by atoms with Gasteiger partial charge in [0.1, 0.15) is 5.60 Å². The number of aromatic amines is 1. The summed E-state index contributed by atoms with van der Waals surface area (Å²) in [6.45, 7) is 7.63. The number of H-pyrrole nitrogens is 1. The molecule has 0 fully saturated rings. The number of esters is 1. The zero-order valence-electron chi connectivity index (χ0n) is 17.3.